The molecule has 0 unspecified atom stereocenters. The monoisotopic (exact) mass is 453 g/mol. The van der Waals surface area contributed by atoms with Gasteiger partial charge in [-0.3, -0.25) is 4.79 Å². The molecule has 0 fully saturated rings. The van der Waals surface area contributed by atoms with Crippen LogP contribution in [-0.4, -0.2) is 21.8 Å². The number of nitrogens with one attached hydrogen (secondary N) is 1. The van der Waals surface area contributed by atoms with E-state index in [-0.39, 0.29) is 5.75 Å². The summed E-state index contributed by atoms with van der Waals surface area (Å²) in [5.74, 6) is 0.702. The number of fused-ring (bicyclic) bond motifs is 1. The predicted molar refractivity (Wildman–Crippen MR) is 110 cm³/mol. The molecule has 0 aliphatic carbocycles. The highest BCUT2D eigenvalue weighted by molar-refractivity contribution is 9.10. The third-order valence-corrected chi connectivity index (χ3v) is 5.69. The zero-order valence-corrected chi connectivity index (χ0v) is 17.3. The number of carbonyl (C=O) groups is 1. The van der Waals surface area contributed by atoms with Crippen molar-refractivity contribution in [1.29, 1.82) is 0 Å². The molecule has 7 heteroatoms. The maximum absolute atomic E-state index is 10.7. The number of halogens is 2. The van der Waals surface area contributed by atoms with Crippen molar-refractivity contribution in [2.75, 3.05) is 5.75 Å². The van der Waals surface area contributed by atoms with Crippen molar-refractivity contribution in [3.63, 3.8) is 0 Å². The zero-order chi connectivity index (χ0) is 18.8. The molecule has 1 heterocycles. The topological polar surface area (TPSA) is 62.3 Å². The Balaban J connectivity index is 1.89. The number of H-pyrrole nitrogens is 1. The molecule has 0 spiro atoms. The van der Waals surface area contributed by atoms with Gasteiger partial charge in [-0.15, -0.1) is 11.8 Å². The molecule has 2 N–H and O–H groups in total. The van der Waals surface area contributed by atoms with Crippen LogP contribution < -0.4 is 4.74 Å². The summed E-state index contributed by atoms with van der Waals surface area (Å²) in [7, 11) is 0. The number of hydrogen-bond donors (Lipinski definition) is 2. The summed E-state index contributed by atoms with van der Waals surface area (Å²) in [6, 6.07) is 9.39. The Morgan fingerprint density at radius 2 is 2.12 bits per heavy atom. The van der Waals surface area contributed by atoms with Crippen molar-refractivity contribution >= 4 is 56.2 Å². The van der Waals surface area contributed by atoms with Gasteiger partial charge >= 0.3 is 5.97 Å². The number of ether oxygens (including phenoxy) is 1. The average molecular weight is 455 g/mol. The molecule has 0 radical (unpaired) electrons. The van der Waals surface area contributed by atoms with E-state index in [1.54, 1.807) is 6.07 Å². The number of aromatic nitrogens is 1. The van der Waals surface area contributed by atoms with E-state index in [4.69, 9.17) is 21.4 Å². The van der Waals surface area contributed by atoms with E-state index in [0.29, 0.717) is 26.9 Å². The maximum atomic E-state index is 10.7. The largest absolute Gasteiger partial charge is 0.481 e. The Morgan fingerprint density at radius 3 is 2.77 bits per heavy atom. The summed E-state index contributed by atoms with van der Waals surface area (Å²) in [4.78, 5) is 14.8. The Bertz CT molecular complexity index is 948. The smallest absolute Gasteiger partial charge is 0.313 e. The second kappa shape index (κ2) is 7.94. The lowest BCUT2D eigenvalue weighted by atomic mass is 10.0. The molecule has 0 atom stereocenters. The van der Waals surface area contributed by atoms with Gasteiger partial charge < -0.3 is 14.8 Å². The van der Waals surface area contributed by atoms with Crippen molar-refractivity contribution in [3.05, 3.63) is 51.6 Å². The van der Waals surface area contributed by atoms with Crippen LogP contribution in [0.25, 0.3) is 10.9 Å². The molecule has 26 heavy (non-hydrogen) atoms. The van der Waals surface area contributed by atoms with Gasteiger partial charge in [-0.05, 0) is 57.7 Å². The summed E-state index contributed by atoms with van der Waals surface area (Å²) in [6.45, 7) is 4.30. The molecule has 3 rings (SSSR count). The van der Waals surface area contributed by atoms with Crippen molar-refractivity contribution in [2.24, 2.45) is 0 Å². The van der Waals surface area contributed by atoms with E-state index in [1.165, 1.54) is 17.3 Å². The van der Waals surface area contributed by atoms with Crippen LogP contribution in [0.15, 0.2) is 45.9 Å². The molecule has 0 bridgehead atoms. The minimum atomic E-state index is -0.872. The first-order valence-corrected chi connectivity index (χ1v) is 10.1. The highest BCUT2D eigenvalue weighted by Crippen LogP contribution is 2.40. The van der Waals surface area contributed by atoms with Gasteiger partial charge in [-0.2, -0.15) is 0 Å². The highest BCUT2D eigenvalue weighted by Gasteiger charge is 2.14. The van der Waals surface area contributed by atoms with Crippen LogP contribution in [-0.2, 0) is 4.79 Å². The van der Waals surface area contributed by atoms with Gasteiger partial charge in [0.2, 0.25) is 0 Å². The van der Waals surface area contributed by atoms with Crippen LogP contribution >= 0.6 is 39.3 Å². The van der Waals surface area contributed by atoms with Crippen molar-refractivity contribution in [3.8, 4) is 11.5 Å². The molecular formula is C19H17BrClNO3S. The van der Waals surface area contributed by atoms with Crippen LogP contribution in [0.5, 0.6) is 11.5 Å². The second-order valence-electron chi connectivity index (χ2n) is 6.11. The zero-order valence-electron chi connectivity index (χ0n) is 14.2. The van der Waals surface area contributed by atoms with E-state index < -0.39 is 5.97 Å². The van der Waals surface area contributed by atoms with Crippen LogP contribution in [0.3, 0.4) is 0 Å². The molecule has 1 aromatic heterocycles. The molecule has 136 valence electrons. The Hall–Kier alpha value is -1.63. The molecule has 4 nitrogen and oxygen atoms in total. The average Bonchev–Trinajstić information content (AvgIpc) is 2.99. The number of benzene rings is 2. The van der Waals surface area contributed by atoms with E-state index in [1.807, 2.05) is 30.5 Å². The number of thioether (sulfide) groups is 1. The van der Waals surface area contributed by atoms with Gasteiger partial charge in [0, 0.05) is 22.0 Å². The van der Waals surface area contributed by atoms with Crippen LogP contribution in [0.2, 0.25) is 5.02 Å². The fourth-order valence-electron chi connectivity index (χ4n) is 2.64. The van der Waals surface area contributed by atoms with Crippen LogP contribution in [0.1, 0.15) is 25.3 Å². The summed E-state index contributed by atoms with van der Waals surface area (Å²) in [6.07, 6.45) is 2.02. The van der Waals surface area contributed by atoms with Crippen molar-refractivity contribution in [2.45, 2.75) is 24.7 Å². The van der Waals surface area contributed by atoms with E-state index >= 15 is 0 Å². The molecule has 0 aliphatic rings. The molecule has 2 aromatic carbocycles. The first kappa shape index (κ1) is 19.1. The third-order valence-electron chi connectivity index (χ3n) is 3.86. The minimum Gasteiger partial charge on any atom is -0.481 e. The number of carboxylic acid groups (broad SMARTS) is 1. The lowest BCUT2D eigenvalue weighted by molar-refractivity contribution is -0.133. The van der Waals surface area contributed by atoms with Gasteiger partial charge in [0.15, 0.2) is 5.75 Å². The first-order chi connectivity index (χ1) is 12.3. The number of hydrogen-bond acceptors (Lipinski definition) is 3. The molecule has 0 saturated carbocycles. The quantitative estimate of drug-likeness (QED) is 0.408. The number of rotatable bonds is 6. The molecule has 0 saturated heterocycles. The van der Waals surface area contributed by atoms with Gasteiger partial charge in [0.1, 0.15) is 5.75 Å². The SMILES string of the molecule is CC(C)c1c[nH]c2ccc(Oc3c(Cl)cc(SCC(=O)O)cc3Br)cc12. The lowest BCUT2D eigenvalue weighted by Gasteiger charge is -2.12. The molecule has 0 amide bonds. The summed E-state index contributed by atoms with van der Waals surface area (Å²) >= 11 is 11.0. The Morgan fingerprint density at radius 1 is 1.35 bits per heavy atom. The lowest BCUT2D eigenvalue weighted by Crippen LogP contribution is -1.97. The fourth-order valence-corrected chi connectivity index (χ4v) is 4.46. The van der Waals surface area contributed by atoms with Crippen LogP contribution in [0.4, 0.5) is 0 Å². The Labute approximate surface area is 169 Å². The fraction of sp³-hybridized carbons (Fsp3) is 0.211. The number of carboxylic acids is 1. The minimum absolute atomic E-state index is 0.0227. The van der Waals surface area contributed by atoms with Crippen LogP contribution in [0, 0.1) is 0 Å². The normalized spacial score (nSPS) is 11.3. The van der Waals surface area contributed by atoms with E-state index in [0.717, 1.165) is 15.8 Å². The summed E-state index contributed by atoms with van der Waals surface area (Å²) in [5, 5.41) is 10.3. The van der Waals surface area contributed by atoms with Crippen molar-refractivity contribution < 1.29 is 14.6 Å². The predicted octanol–water partition coefficient (Wildman–Crippen LogP) is 6.68. The van der Waals surface area contributed by atoms with Crippen molar-refractivity contribution in [1.82, 2.24) is 4.98 Å². The van der Waals surface area contributed by atoms with Gasteiger partial charge in [-0.25, -0.2) is 0 Å². The van der Waals surface area contributed by atoms with Gasteiger partial charge in [-0.1, -0.05) is 25.4 Å². The van der Waals surface area contributed by atoms with Gasteiger partial charge in [0.05, 0.1) is 15.2 Å². The number of aromatic amines is 1. The first-order valence-electron chi connectivity index (χ1n) is 7.97. The summed E-state index contributed by atoms with van der Waals surface area (Å²) in [5.41, 5.74) is 2.29. The number of aliphatic carboxylic acids is 1. The van der Waals surface area contributed by atoms with E-state index in [9.17, 15) is 4.79 Å². The molecule has 0 aliphatic heterocycles. The standard InChI is InChI=1S/C19H17BrClNO3S/c1-10(2)14-8-22-17-4-3-11(5-13(14)17)25-19-15(20)6-12(7-16(19)21)26-9-18(23)24/h3-8,10,22H,9H2,1-2H3,(H,23,24). The Kier molecular flexibility index (Phi) is 5.85. The van der Waals surface area contributed by atoms with Gasteiger partial charge in [0.25, 0.3) is 0 Å². The molecule has 3 aromatic rings. The third kappa shape index (κ3) is 4.19. The highest BCUT2D eigenvalue weighted by atomic mass is 79.9. The van der Waals surface area contributed by atoms with E-state index in [2.05, 4.69) is 34.8 Å². The maximum Gasteiger partial charge on any atom is 0.313 e. The second-order valence-corrected chi connectivity index (χ2v) is 8.42. The summed E-state index contributed by atoms with van der Waals surface area (Å²) < 4.78 is 6.69. The molecular weight excluding hydrogens is 438 g/mol.